The van der Waals surface area contributed by atoms with Crippen LogP contribution in [-0.2, 0) is 0 Å². The zero-order chi connectivity index (χ0) is 42.9. The highest BCUT2D eigenvalue weighted by Gasteiger charge is 2.44. The Kier molecular flexibility index (Phi) is 8.61. The molecule has 0 saturated carbocycles. The minimum Gasteiger partial charge on any atom is -0.309 e. The molecule has 0 fully saturated rings. The third-order valence-electron chi connectivity index (χ3n) is 13.8. The maximum atomic E-state index is 2.57. The lowest BCUT2D eigenvalue weighted by molar-refractivity contribution is 1.11. The Bertz CT molecular complexity index is 3800. The molecule has 0 aliphatic heterocycles. The number of aromatic nitrogens is 3. The van der Waals surface area contributed by atoms with Crippen LogP contribution in [0.3, 0.4) is 0 Å². The number of benzene rings is 9. The average molecular weight is 846 g/mol. The van der Waals surface area contributed by atoms with Crippen molar-refractivity contribution in [3.63, 3.8) is 0 Å². The van der Waals surface area contributed by atoms with Gasteiger partial charge in [-0.15, -0.1) is 0 Å². The Morgan fingerprint density at radius 1 is 0.338 bits per heavy atom. The van der Waals surface area contributed by atoms with E-state index in [2.05, 4.69) is 262 Å². The monoisotopic (exact) mass is 845 g/mol. The van der Waals surface area contributed by atoms with Gasteiger partial charge in [-0.05, 0) is 87.8 Å². The zero-order valence-corrected chi connectivity index (χ0v) is 36.7. The lowest BCUT2D eigenvalue weighted by Gasteiger charge is -2.35. The second kappa shape index (κ2) is 15.0. The van der Waals surface area contributed by atoms with E-state index in [4.69, 9.17) is 0 Å². The van der Waals surface area contributed by atoms with E-state index < -0.39 is 8.07 Å². The normalized spacial score (nSPS) is 12.7. The Labute approximate surface area is 378 Å². The minimum absolute atomic E-state index is 0.892. The summed E-state index contributed by atoms with van der Waals surface area (Å²) in [4.78, 5) is 0. The number of nitrogens with zero attached hydrogens (tertiary/aromatic N) is 3. The van der Waals surface area contributed by atoms with Gasteiger partial charge in [0.1, 0.15) is 0 Å². The molecule has 13 rings (SSSR count). The first-order valence-corrected chi connectivity index (χ1v) is 24.6. The molecule has 9 aromatic carbocycles. The molecule has 0 amide bonds. The van der Waals surface area contributed by atoms with E-state index in [0.29, 0.717) is 0 Å². The molecule has 12 aromatic rings. The van der Waals surface area contributed by atoms with Crippen LogP contribution < -0.4 is 20.7 Å². The fourth-order valence-electron chi connectivity index (χ4n) is 11.2. The number of hydrogen-bond acceptors (Lipinski definition) is 0. The van der Waals surface area contributed by atoms with Crippen molar-refractivity contribution in [1.29, 1.82) is 0 Å². The number of fused-ring (bicyclic) bond motifs is 10. The third-order valence-corrected chi connectivity index (χ3v) is 18.5. The minimum atomic E-state index is -3.16. The van der Waals surface area contributed by atoms with Gasteiger partial charge in [-0.3, -0.25) is 0 Å². The SMILES string of the molecule is C1=Cc2c(n(-c3cccc([Si](c4ccccc4)(c4ccccc4)c4cccc5c6ccccc6n(-c6ccccc6)c45)c3)c3c2ccc2c3c3ccccc3n2-c2ccccc2)C=CC1. The number of rotatable bonds is 7. The smallest absolute Gasteiger partial charge is 0.181 e. The van der Waals surface area contributed by atoms with Crippen LogP contribution in [0.15, 0.2) is 237 Å². The molecular formula is C61H43N3Si. The van der Waals surface area contributed by atoms with Crippen LogP contribution in [0.4, 0.5) is 0 Å². The summed E-state index contributed by atoms with van der Waals surface area (Å²) in [5.41, 5.74) is 12.0. The lowest BCUT2D eigenvalue weighted by Crippen LogP contribution is -2.75. The zero-order valence-electron chi connectivity index (χ0n) is 35.7. The summed E-state index contributed by atoms with van der Waals surface area (Å²) in [5, 5.41) is 11.6. The highest BCUT2D eigenvalue weighted by molar-refractivity contribution is 7.20. The second-order valence-corrected chi connectivity index (χ2v) is 20.9. The van der Waals surface area contributed by atoms with E-state index in [-0.39, 0.29) is 0 Å². The van der Waals surface area contributed by atoms with Gasteiger partial charge in [0, 0.05) is 49.6 Å². The van der Waals surface area contributed by atoms with Crippen LogP contribution in [-0.4, -0.2) is 21.8 Å². The molecule has 3 heterocycles. The maximum Gasteiger partial charge on any atom is 0.181 e. The van der Waals surface area contributed by atoms with Crippen molar-refractivity contribution in [2.24, 2.45) is 0 Å². The van der Waals surface area contributed by atoms with Crippen LogP contribution in [0.2, 0.25) is 0 Å². The molecule has 0 saturated heterocycles. The third kappa shape index (κ3) is 5.54. The molecule has 3 nitrogen and oxygen atoms in total. The van der Waals surface area contributed by atoms with Gasteiger partial charge in [0.2, 0.25) is 0 Å². The predicted octanol–water partition coefficient (Wildman–Crippen LogP) is 12.6. The first-order chi connectivity index (χ1) is 32.3. The molecule has 4 heteroatoms. The fraction of sp³-hybridized carbons (Fsp3) is 0.0164. The summed E-state index contributed by atoms with van der Waals surface area (Å²) in [6.45, 7) is 0. The summed E-state index contributed by atoms with van der Waals surface area (Å²) in [5.74, 6) is 0. The molecule has 306 valence electrons. The molecule has 0 atom stereocenters. The van der Waals surface area contributed by atoms with Crippen LogP contribution in [0, 0.1) is 0 Å². The van der Waals surface area contributed by atoms with Crippen LogP contribution in [0.25, 0.3) is 83.7 Å². The van der Waals surface area contributed by atoms with Crippen molar-refractivity contribution in [2.75, 3.05) is 0 Å². The van der Waals surface area contributed by atoms with Gasteiger partial charge in [-0.1, -0.05) is 188 Å². The van der Waals surface area contributed by atoms with Crippen LogP contribution in [0.5, 0.6) is 0 Å². The van der Waals surface area contributed by atoms with E-state index in [1.807, 2.05) is 0 Å². The highest BCUT2D eigenvalue weighted by atomic mass is 28.3. The Balaban J connectivity index is 1.18. The van der Waals surface area contributed by atoms with E-state index >= 15 is 0 Å². The van der Waals surface area contributed by atoms with E-state index in [1.165, 1.54) is 86.5 Å². The molecule has 0 unspecified atom stereocenters. The number of para-hydroxylation sites is 5. The average Bonchev–Trinajstić information content (AvgIpc) is 3.93. The van der Waals surface area contributed by atoms with Gasteiger partial charge < -0.3 is 13.7 Å². The van der Waals surface area contributed by atoms with Crippen molar-refractivity contribution in [3.05, 3.63) is 248 Å². The van der Waals surface area contributed by atoms with Gasteiger partial charge in [-0.25, -0.2) is 0 Å². The highest BCUT2D eigenvalue weighted by Crippen LogP contribution is 2.42. The molecule has 65 heavy (non-hydrogen) atoms. The Morgan fingerprint density at radius 3 is 1.58 bits per heavy atom. The Hall–Kier alpha value is -8.18. The summed E-state index contributed by atoms with van der Waals surface area (Å²) < 4.78 is 7.53. The van der Waals surface area contributed by atoms with Gasteiger partial charge in [0.25, 0.3) is 0 Å². The molecular weight excluding hydrogens is 803 g/mol. The second-order valence-electron chi connectivity index (χ2n) is 17.1. The largest absolute Gasteiger partial charge is 0.309 e. The fourth-order valence-corrected chi connectivity index (χ4v) is 16.1. The quantitative estimate of drug-likeness (QED) is 0.112. The number of hydrogen-bond donors (Lipinski definition) is 0. The first-order valence-electron chi connectivity index (χ1n) is 22.6. The van der Waals surface area contributed by atoms with Crippen molar-refractivity contribution in [1.82, 2.24) is 13.7 Å². The van der Waals surface area contributed by atoms with Gasteiger partial charge >= 0.3 is 0 Å². The standard InChI is InChI=1S/C61H43N3Si/c1-6-22-43(23-7-1)62-56-38-19-17-34-53(56)59-57(62)41-40-52-50-32-14-5-15-36-55(50)64(61(52)59)45-26-20-31-48(42-45)65(46-27-10-3-11-28-46,47-29-12-4-13-30-47)58-39-21-35-51-49-33-16-18-37-54(49)63(60(51)58)44-24-8-2-9-25-44/h1-4,6-42H,5H2. The summed E-state index contributed by atoms with van der Waals surface area (Å²) in [6.07, 6.45) is 10.2. The van der Waals surface area contributed by atoms with Gasteiger partial charge in [0.05, 0.1) is 33.3 Å². The molecule has 3 aromatic heterocycles. The van der Waals surface area contributed by atoms with Crippen molar-refractivity contribution >= 4 is 95.5 Å². The van der Waals surface area contributed by atoms with Crippen LogP contribution in [0.1, 0.15) is 17.7 Å². The number of allylic oxidation sites excluding steroid dienone is 2. The van der Waals surface area contributed by atoms with Gasteiger partial charge in [-0.2, -0.15) is 0 Å². The molecule has 1 aliphatic rings. The molecule has 0 spiro atoms. The summed E-state index contributed by atoms with van der Waals surface area (Å²) in [6, 6.07) is 83.7. The van der Waals surface area contributed by atoms with Crippen molar-refractivity contribution in [3.8, 4) is 17.1 Å². The topological polar surface area (TPSA) is 14.8 Å². The first kappa shape index (κ1) is 37.4. The van der Waals surface area contributed by atoms with E-state index in [1.54, 1.807) is 0 Å². The molecule has 0 bridgehead atoms. The maximum absolute atomic E-state index is 3.16. The predicted molar refractivity (Wildman–Crippen MR) is 278 cm³/mol. The summed E-state index contributed by atoms with van der Waals surface area (Å²) >= 11 is 0. The van der Waals surface area contributed by atoms with E-state index in [0.717, 1.165) is 23.5 Å². The van der Waals surface area contributed by atoms with Crippen LogP contribution >= 0.6 is 0 Å². The van der Waals surface area contributed by atoms with E-state index in [9.17, 15) is 0 Å². The molecule has 1 aliphatic carbocycles. The van der Waals surface area contributed by atoms with Gasteiger partial charge in [0.15, 0.2) is 8.07 Å². The van der Waals surface area contributed by atoms with Crippen molar-refractivity contribution in [2.45, 2.75) is 6.42 Å². The summed E-state index contributed by atoms with van der Waals surface area (Å²) in [7, 11) is -3.16. The van der Waals surface area contributed by atoms with Crippen molar-refractivity contribution < 1.29 is 0 Å². The Morgan fingerprint density at radius 2 is 0.877 bits per heavy atom. The lowest BCUT2D eigenvalue weighted by atomic mass is 10.1. The molecule has 0 radical (unpaired) electrons. The molecule has 0 N–H and O–H groups in total.